The quantitative estimate of drug-likeness (QED) is 0.666. The number of aromatic nitrogens is 4. The van der Waals surface area contributed by atoms with Gasteiger partial charge in [-0.15, -0.1) is 0 Å². The van der Waals surface area contributed by atoms with Crippen LogP contribution in [0.1, 0.15) is 0 Å². The number of carbonyl (C=O) groups excluding carboxylic acids is 1. The fourth-order valence-electron chi connectivity index (χ4n) is 0.952. The molecule has 0 amide bonds. The SMILES string of the molecule is Cn1ccnc1OC(=O)n1cccn1. The summed E-state index contributed by atoms with van der Waals surface area (Å²) in [6, 6.07) is 1.88. The Morgan fingerprint density at radius 3 is 2.86 bits per heavy atom. The van der Waals surface area contributed by atoms with Gasteiger partial charge in [-0.05, 0) is 6.07 Å². The first-order chi connectivity index (χ1) is 6.77. The molecule has 0 saturated heterocycles. The van der Waals surface area contributed by atoms with Crippen LogP contribution < -0.4 is 4.74 Å². The molecule has 0 radical (unpaired) electrons. The Labute approximate surface area is 79.7 Å². The standard InChI is InChI=1S/C8H8N4O2/c1-11-6-4-9-7(11)14-8(13)12-5-2-3-10-12/h2-6H,1H3. The highest BCUT2D eigenvalue weighted by molar-refractivity contribution is 5.71. The Kier molecular flexibility index (Phi) is 2.02. The summed E-state index contributed by atoms with van der Waals surface area (Å²) in [5.41, 5.74) is 0. The molecule has 0 aromatic carbocycles. The van der Waals surface area contributed by atoms with E-state index in [1.807, 2.05) is 0 Å². The lowest BCUT2D eigenvalue weighted by atomic mass is 10.8. The third-order valence-corrected chi connectivity index (χ3v) is 1.65. The van der Waals surface area contributed by atoms with E-state index in [9.17, 15) is 4.79 Å². The van der Waals surface area contributed by atoms with Crippen molar-refractivity contribution in [3.8, 4) is 6.01 Å². The molecule has 0 N–H and O–H groups in total. The van der Waals surface area contributed by atoms with Crippen molar-refractivity contribution in [1.29, 1.82) is 0 Å². The highest BCUT2D eigenvalue weighted by Crippen LogP contribution is 2.04. The lowest BCUT2D eigenvalue weighted by molar-refractivity contribution is 0.193. The number of ether oxygens (including phenoxy) is 1. The van der Waals surface area contributed by atoms with Crippen LogP contribution in [0.3, 0.4) is 0 Å². The molecule has 72 valence electrons. The lowest BCUT2D eigenvalue weighted by Crippen LogP contribution is -2.18. The summed E-state index contributed by atoms with van der Waals surface area (Å²) in [5, 5.41) is 3.73. The molecule has 2 aromatic rings. The van der Waals surface area contributed by atoms with Gasteiger partial charge >= 0.3 is 12.1 Å². The molecule has 2 aromatic heterocycles. The van der Waals surface area contributed by atoms with E-state index in [4.69, 9.17) is 4.74 Å². The van der Waals surface area contributed by atoms with Crippen LogP contribution in [-0.2, 0) is 7.05 Å². The largest absolute Gasteiger partial charge is 0.442 e. The summed E-state index contributed by atoms with van der Waals surface area (Å²) in [6.45, 7) is 0. The number of nitrogens with zero attached hydrogens (tertiary/aromatic N) is 4. The predicted molar refractivity (Wildman–Crippen MR) is 46.9 cm³/mol. The molecule has 0 aliphatic carbocycles. The molecule has 0 aliphatic rings. The number of carbonyl (C=O) groups is 1. The molecule has 14 heavy (non-hydrogen) atoms. The maximum absolute atomic E-state index is 11.4. The molecule has 0 aliphatic heterocycles. The van der Waals surface area contributed by atoms with Crippen LogP contribution in [0, 0.1) is 0 Å². The van der Waals surface area contributed by atoms with Crippen LogP contribution in [0.15, 0.2) is 30.9 Å². The number of hydrogen-bond acceptors (Lipinski definition) is 4. The van der Waals surface area contributed by atoms with Gasteiger partial charge in [0.05, 0.1) is 0 Å². The maximum Gasteiger partial charge on any atom is 0.442 e. The third-order valence-electron chi connectivity index (χ3n) is 1.65. The Morgan fingerprint density at radius 2 is 2.29 bits per heavy atom. The molecule has 0 fully saturated rings. The molecule has 0 bridgehead atoms. The number of aryl methyl sites for hydroxylation is 1. The van der Waals surface area contributed by atoms with E-state index in [1.165, 1.54) is 12.4 Å². The van der Waals surface area contributed by atoms with Crippen LogP contribution in [0.5, 0.6) is 6.01 Å². The highest BCUT2D eigenvalue weighted by Gasteiger charge is 2.09. The molecule has 6 nitrogen and oxygen atoms in total. The predicted octanol–water partition coefficient (Wildman–Crippen LogP) is 0.664. The van der Waals surface area contributed by atoms with Gasteiger partial charge in [-0.25, -0.2) is 9.78 Å². The van der Waals surface area contributed by atoms with Crippen molar-refractivity contribution in [1.82, 2.24) is 19.3 Å². The zero-order valence-electron chi connectivity index (χ0n) is 7.49. The van der Waals surface area contributed by atoms with Gasteiger partial charge in [0, 0.05) is 31.8 Å². The fourth-order valence-corrected chi connectivity index (χ4v) is 0.952. The van der Waals surface area contributed by atoms with Crippen molar-refractivity contribution in [2.45, 2.75) is 0 Å². The minimum absolute atomic E-state index is 0.241. The molecule has 0 spiro atoms. The van der Waals surface area contributed by atoms with Gasteiger partial charge < -0.3 is 9.30 Å². The van der Waals surface area contributed by atoms with Crippen molar-refractivity contribution in [2.75, 3.05) is 0 Å². The van der Waals surface area contributed by atoms with E-state index in [2.05, 4.69) is 10.1 Å². The average molecular weight is 192 g/mol. The van der Waals surface area contributed by atoms with Gasteiger partial charge in [-0.1, -0.05) is 0 Å². The van der Waals surface area contributed by atoms with E-state index in [-0.39, 0.29) is 6.01 Å². The average Bonchev–Trinajstić information content (AvgIpc) is 2.77. The van der Waals surface area contributed by atoms with E-state index in [0.717, 1.165) is 4.68 Å². The van der Waals surface area contributed by atoms with Gasteiger partial charge in [0.15, 0.2) is 0 Å². The van der Waals surface area contributed by atoms with Gasteiger partial charge in [-0.2, -0.15) is 9.78 Å². The second-order valence-corrected chi connectivity index (χ2v) is 2.64. The molecule has 6 heteroatoms. The van der Waals surface area contributed by atoms with Crippen LogP contribution in [0.25, 0.3) is 0 Å². The summed E-state index contributed by atoms with van der Waals surface area (Å²) < 4.78 is 7.63. The number of hydrogen-bond donors (Lipinski definition) is 0. The molecule has 0 atom stereocenters. The van der Waals surface area contributed by atoms with Crippen LogP contribution in [0.2, 0.25) is 0 Å². The van der Waals surface area contributed by atoms with Crippen molar-refractivity contribution < 1.29 is 9.53 Å². The summed E-state index contributed by atoms with van der Waals surface area (Å²) in [7, 11) is 1.73. The fraction of sp³-hybridized carbons (Fsp3) is 0.125. The molecule has 2 heterocycles. The van der Waals surface area contributed by atoms with Gasteiger partial charge in [0.2, 0.25) is 0 Å². The minimum atomic E-state index is -0.579. The monoisotopic (exact) mass is 192 g/mol. The lowest BCUT2D eigenvalue weighted by Gasteiger charge is -2.01. The zero-order valence-corrected chi connectivity index (χ0v) is 7.49. The first-order valence-electron chi connectivity index (χ1n) is 3.96. The minimum Gasteiger partial charge on any atom is -0.374 e. The van der Waals surface area contributed by atoms with Crippen LogP contribution >= 0.6 is 0 Å². The van der Waals surface area contributed by atoms with Crippen LogP contribution in [0.4, 0.5) is 4.79 Å². The maximum atomic E-state index is 11.4. The molecule has 2 rings (SSSR count). The Bertz CT molecular complexity index is 432. The molecule has 0 saturated carbocycles. The first-order valence-corrected chi connectivity index (χ1v) is 3.96. The Balaban J connectivity index is 2.13. The number of rotatable bonds is 1. The zero-order chi connectivity index (χ0) is 9.97. The van der Waals surface area contributed by atoms with E-state index >= 15 is 0 Å². The third kappa shape index (κ3) is 1.49. The highest BCUT2D eigenvalue weighted by atomic mass is 16.6. The summed E-state index contributed by atoms with van der Waals surface area (Å²) in [6.07, 6.45) is 5.66. The second-order valence-electron chi connectivity index (χ2n) is 2.64. The smallest absolute Gasteiger partial charge is 0.374 e. The summed E-state index contributed by atoms with van der Waals surface area (Å²) >= 11 is 0. The first kappa shape index (κ1) is 8.49. The Morgan fingerprint density at radius 1 is 1.43 bits per heavy atom. The van der Waals surface area contributed by atoms with Gasteiger partial charge in [0.25, 0.3) is 0 Å². The topological polar surface area (TPSA) is 61.9 Å². The van der Waals surface area contributed by atoms with E-state index in [0.29, 0.717) is 0 Å². The van der Waals surface area contributed by atoms with Crippen molar-refractivity contribution >= 4 is 6.09 Å². The van der Waals surface area contributed by atoms with Crippen molar-refractivity contribution in [3.63, 3.8) is 0 Å². The molecular weight excluding hydrogens is 184 g/mol. The van der Waals surface area contributed by atoms with Crippen molar-refractivity contribution in [3.05, 3.63) is 30.9 Å². The summed E-state index contributed by atoms with van der Waals surface area (Å²) in [4.78, 5) is 15.2. The number of imidazole rings is 1. The second kappa shape index (κ2) is 3.33. The van der Waals surface area contributed by atoms with Gasteiger partial charge in [0.1, 0.15) is 0 Å². The van der Waals surface area contributed by atoms with Crippen LogP contribution in [-0.4, -0.2) is 25.4 Å². The molecular formula is C8H8N4O2. The van der Waals surface area contributed by atoms with E-state index < -0.39 is 6.09 Å². The summed E-state index contributed by atoms with van der Waals surface area (Å²) in [5.74, 6) is 0. The normalized spacial score (nSPS) is 10.1. The molecule has 0 unspecified atom stereocenters. The van der Waals surface area contributed by atoms with Gasteiger partial charge in [-0.3, -0.25) is 0 Å². The van der Waals surface area contributed by atoms with Crippen molar-refractivity contribution in [2.24, 2.45) is 7.05 Å². The van der Waals surface area contributed by atoms with E-state index in [1.54, 1.807) is 30.1 Å². The Hall–Kier alpha value is -2.11.